The van der Waals surface area contributed by atoms with Crippen LogP contribution in [0.4, 0.5) is 11.6 Å². The lowest BCUT2D eigenvalue weighted by molar-refractivity contribution is -0.384. The summed E-state index contributed by atoms with van der Waals surface area (Å²) < 4.78 is 10.8. The average molecular weight is 396 g/mol. The molecule has 142 valence electrons. The number of nitriles is 1. The standard InChI is InChI=1S/C19H16N4O4S/c1-26-15-6-2-13(3-7-15)18-22-17(12-20)19(27-18)21-10-11-28-16-8-4-14(5-9-16)23(24)25/h2-9,21H,10-11H2,1H3. The van der Waals surface area contributed by atoms with Gasteiger partial charge in [-0.3, -0.25) is 10.1 Å². The van der Waals surface area contributed by atoms with Gasteiger partial charge in [0.2, 0.25) is 17.5 Å². The van der Waals surface area contributed by atoms with Crippen LogP contribution in [0, 0.1) is 21.4 Å². The van der Waals surface area contributed by atoms with Gasteiger partial charge in [0.1, 0.15) is 11.8 Å². The summed E-state index contributed by atoms with van der Waals surface area (Å²) in [6, 6.07) is 15.6. The molecule has 28 heavy (non-hydrogen) atoms. The zero-order valence-corrected chi connectivity index (χ0v) is 15.7. The van der Waals surface area contributed by atoms with Crippen molar-refractivity contribution in [1.82, 2.24) is 4.98 Å². The van der Waals surface area contributed by atoms with Crippen LogP contribution in [0.25, 0.3) is 11.5 Å². The van der Waals surface area contributed by atoms with Gasteiger partial charge < -0.3 is 14.5 Å². The maximum Gasteiger partial charge on any atom is 0.269 e. The Morgan fingerprint density at radius 3 is 2.57 bits per heavy atom. The van der Waals surface area contributed by atoms with Gasteiger partial charge in [-0.1, -0.05) is 0 Å². The second kappa shape index (κ2) is 8.92. The number of thioether (sulfide) groups is 1. The van der Waals surface area contributed by atoms with Crippen LogP contribution in [-0.2, 0) is 0 Å². The average Bonchev–Trinajstić information content (AvgIpc) is 3.15. The van der Waals surface area contributed by atoms with E-state index in [-0.39, 0.29) is 11.4 Å². The molecule has 0 bridgehead atoms. The van der Waals surface area contributed by atoms with Gasteiger partial charge in [-0.05, 0) is 36.4 Å². The highest BCUT2D eigenvalue weighted by Crippen LogP contribution is 2.27. The van der Waals surface area contributed by atoms with Crippen molar-refractivity contribution in [3.63, 3.8) is 0 Å². The predicted molar refractivity (Wildman–Crippen MR) is 106 cm³/mol. The third kappa shape index (κ3) is 4.61. The van der Waals surface area contributed by atoms with Crippen molar-refractivity contribution in [3.05, 3.63) is 64.3 Å². The molecule has 0 unspecified atom stereocenters. The van der Waals surface area contributed by atoms with Crippen molar-refractivity contribution in [2.24, 2.45) is 0 Å². The molecular formula is C19H16N4O4S. The van der Waals surface area contributed by atoms with Crippen molar-refractivity contribution in [1.29, 1.82) is 5.26 Å². The molecule has 2 aromatic carbocycles. The van der Waals surface area contributed by atoms with Crippen LogP contribution in [0.3, 0.4) is 0 Å². The minimum Gasteiger partial charge on any atom is -0.497 e. The lowest BCUT2D eigenvalue weighted by atomic mass is 10.2. The number of benzene rings is 2. The first-order chi connectivity index (χ1) is 13.6. The molecule has 1 aromatic heterocycles. The first-order valence-corrected chi connectivity index (χ1v) is 9.25. The van der Waals surface area contributed by atoms with Gasteiger partial charge in [-0.2, -0.15) is 10.2 Å². The van der Waals surface area contributed by atoms with Crippen molar-refractivity contribution in [3.8, 4) is 23.3 Å². The predicted octanol–water partition coefficient (Wildman–Crippen LogP) is 4.33. The Morgan fingerprint density at radius 2 is 1.96 bits per heavy atom. The second-order valence-electron chi connectivity index (χ2n) is 5.56. The minimum atomic E-state index is -0.427. The Bertz CT molecular complexity index is 994. The number of nitrogens with one attached hydrogen (secondary N) is 1. The quantitative estimate of drug-likeness (QED) is 0.259. The van der Waals surface area contributed by atoms with E-state index in [1.165, 1.54) is 23.9 Å². The zero-order valence-electron chi connectivity index (χ0n) is 14.9. The van der Waals surface area contributed by atoms with Crippen LogP contribution in [0.15, 0.2) is 57.8 Å². The fourth-order valence-corrected chi connectivity index (χ4v) is 3.14. The van der Waals surface area contributed by atoms with Gasteiger partial charge in [0.25, 0.3) is 5.69 Å². The van der Waals surface area contributed by atoms with Crippen LogP contribution in [0.5, 0.6) is 5.75 Å². The molecule has 0 aliphatic rings. The molecule has 0 atom stereocenters. The van der Waals surface area contributed by atoms with Gasteiger partial charge in [-0.15, -0.1) is 11.8 Å². The maximum atomic E-state index is 10.7. The Morgan fingerprint density at radius 1 is 1.25 bits per heavy atom. The third-order valence-corrected chi connectivity index (χ3v) is 4.79. The minimum absolute atomic E-state index is 0.0638. The van der Waals surface area contributed by atoms with Crippen molar-refractivity contribution < 1.29 is 14.1 Å². The molecule has 0 spiro atoms. The van der Waals surface area contributed by atoms with Crippen LogP contribution < -0.4 is 10.1 Å². The van der Waals surface area contributed by atoms with Crippen LogP contribution in [0.2, 0.25) is 0 Å². The fourth-order valence-electron chi connectivity index (χ4n) is 2.37. The number of nitro benzene ring substituents is 1. The summed E-state index contributed by atoms with van der Waals surface area (Å²) in [5.74, 6) is 2.07. The number of aromatic nitrogens is 1. The Balaban J connectivity index is 1.58. The van der Waals surface area contributed by atoms with Crippen molar-refractivity contribution in [2.75, 3.05) is 24.7 Å². The van der Waals surface area contributed by atoms with E-state index < -0.39 is 4.92 Å². The highest BCUT2D eigenvalue weighted by molar-refractivity contribution is 7.99. The highest BCUT2D eigenvalue weighted by atomic mass is 32.2. The molecule has 3 aromatic rings. The molecule has 1 heterocycles. The van der Waals surface area contributed by atoms with Crippen LogP contribution >= 0.6 is 11.8 Å². The van der Waals surface area contributed by atoms with E-state index in [1.807, 2.05) is 6.07 Å². The molecule has 8 nitrogen and oxygen atoms in total. The monoisotopic (exact) mass is 396 g/mol. The molecule has 3 rings (SSSR count). The van der Waals surface area contributed by atoms with E-state index in [9.17, 15) is 15.4 Å². The van der Waals surface area contributed by atoms with Crippen molar-refractivity contribution in [2.45, 2.75) is 4.90 Å². The van der Waals surface area contributed by atoms with Gasteiger partial charge >= 0.3 is 0 Å². The van der Waals surface area contributed by atoms with Gasteiger partial charge in [-0.25, -0.2) is 0 Å². The number of oxazole rings is 1. The first kappa shape index (κ1) is 19.3. The number of hydrogen-bond donors (Lipinski definition) is 1. The molecule has 0 aliphatic carbocycles. The Labute approximate surface area is 165 Å². The molecule has 0 radical (unpaired) electrons. The summed E-state index contributed by atoms with van der Waals surface area (Å²) in [4.78, 5) is 15.4. The molecule has 0 fully saturated rings. The number of hydrogen-bond acceptors (Lipinski definition) is 8. The topological polar surface area (TPSA) is 114 Å². The summed E-state index contributed by atoms with van der Waals surface area (Å²) in [6.45, 7) is 0.535. The lowest BCUT2D eigenvalue weighted by Crippen LogP contribution is -2.04. The molecule has 0 amide bonds. The first-order valence-electron chi connectivity index (χ1n) is 8.27. The number of nitro groups is 1. The van der Waals surface area contributed by atoms with Gasteiger partial charge in [0.05, 0.1) is 12.0 Å². The van der Waals surface area contributed by atoms with E-state index in [0.717, 1.165) is 16.2 Å². The third-order valence-electron chi connectivity index (χ3n) is 3.77. The molecule has 9 heteroatoms. The maximum absolute atomic E-state index is 10.7. The summed E-state index contributed by atoms with van der Waals surface area (Å²) >= 11 is 1.54. The van der Waals surface area contributed by atoms with Gasteiger partial charge in [0.15, 0.2) is 0 Å². The normalized spacial score (nSPS) is 10.3. The van der Waals surface area contributed by atoms with E-state index in [2.05, 4.69) is 10.3 Å². The second-order valence-corrected chi connectivity index (χ2v) is 6.73. The Kier molecular flexibility index (Phi) is 6.14. The van der Waals surface area contributed by atoms with E-state index in [0.29, 0.717) is 24.1 Å². The molecule has 0 aliphatic heterocycles. The number of nitrogens with zero attached hydrogens (tertiary/aromatic N) is 3. The Hall–Kier alpha value is -3.51. The smallest absolute Gasteiger partial charge is 0.269 e. The summed E-state index contributed by atoms with van der Waals surface area (Å²) in [5.41, 5.74) is 0.991. The van der Waals surface area contributed by atoms with E-state index in [4.69, 9.17) is 9.15 Å². The fraction of sp³-hybridized carbons (Fsp3) is 0.158. The highest BCUT2D eigenvalue weighted by Gasteiger charge is 2.14. The molecule has 0 saturated carbocycles. The number of anilines is 1. The molecular weight excluding hydrogens is 380 g/mol. The summed E-state index contributed by atoms with van der Waals surface area (Å²) in [6.07, 6.45) is 0. The van der Waals surface area contributed by atoms with E-state index in [1.54, 1.807) is 43.5 Å². The summed E-state index contributed by atoms with van der Waals surface area (Å²) in [7, 11) is 1.59. The number of ether oxygens (including phenoxy) is 1. The van der Waals surface area contributed by atoms with Crippen LogP contribution in [0.1, 0.15) is 5.69 Å². The molecule has 1 N–H and O–H groups in total. The van der Waals surface area contributed by atoms with Crippen LogP contribution in [-0.4, -0.2) is 29.3 Å². The lowest BCUT2D eigenvalue weighted by Gasteiger charge is -2.03. The van der Waals surface area contributed by atoms with Gasteiger partial charge in [0, 0.05) is 34.9 Å². The van der Waals surface area contributed by atoms with E-state index >= 15 is 0 Å². The summed E-state index contributed by atoms with van der Waals surface area (Å²) in [5, 5.41) is 23.0. The van der Waals surface area contributed by atoms with Crippen molar-refractivity contribution >= 4 is 23.3 Å². The number of methoxy groups -OCH3 is 1. The zero-order chi connectivity index (χ0) is 19.9. The number of non-ortho nitro benzene ring substituents is 1. The largest absolute Gasteiger partial charge is 0.497 e. The number of rotatable bonds is 8. The molecule has 0 saturated heterocycles. The SMILES string of the molecule is COc1ccc(-c2nc(C#N)c(NCCSc3ccc([N+](=O)[O-])cc3)o2)cc1.